The topological polar surface area (TPSA) is 131 Å². The molecule has 9 heteroatoms. The van der Waals surface area contributed by atoms with Gasteiger partial charge in [0, 0.05) is 5.69 Å². The lowest BCUT2D eigenvalue weighted by Gasteiger charge is -2.29. The van der Waals surface area contributed by atoms with Crippen LogP contribution in [0.5, 0.6) is 0 Å². The predicted molar refractivity (Wildman–Crippen MR) is 135 cm³/mol. The third-order valence-electron chi connectivity index (χ3n) is 6.88. The van der Waals surface area contributed by atoms with Gasteiger partial charge in [0.1, 0.15) is 35.6 Å². The Morgan fingerprint density at radius 1 is 1.08 bits per heavy atom. The van der Waals surface area contributed by atoms with E-state index in [1.54, 1.807) is 4.57 Å². The zero-order valence-corrected chi connectivity index (χ0v) is 19.7. The molecule has 0 aliphatic carbocycles. The van der Waals surface area contributed by atoms with Gasteiger partial charge < -0.3 is 30.4 Å². The highest BCUT2D eigenvalue weighted by molar-refractivity contribution is 6.00. The van der Waals surface area contributed by atoms with Crippen molar-refractivity contribution in [2.24, 2.45) is 0 Å². The largest absolute Gasteiger partial charge is 0.394 e. The fourth-order valence-electron chi connectivity index (χ4n) is 4.92. The van der Waals surface area contributed by atoms with Crippen LogP contribution in [0.3, 0.4) is 0 Å². The van der Waals surface area contributed by atoms with Crippen LogP contribution in [-0.4, -0.2) is 54.3 Å². The minimum atomic E-state index is -1.75. The first-order valence-corrected chi connectivity index (χ1v) is 11.7. The number of aromatic nitrogens is 3. The first-order valence-electron chi connectivity index (χ1n) is 11.7. The van der Waals surface area contributed by atoms with Gasteiger partial charge in [-0.1, -0.05) is 54.6 Å². The minimum Gasteiger partial charge on any atom is -0.394 e. The van der Waals surface area contributed by atoms with Crippen molar-refractivity contribution >= 4 is 22.5 Å². The lowest BCUT2D eigenvalue weighted by molar-refractivity contribution is -0.0957. The highest BCUT2D eigenvalue weighted by Crippen LogP contribution is 2.45. The molecule has 1 saturated heterocycles. The maximum absolute atomic E-state index is 11.2. The van der Waals surface area contributed by atoms with Gasteiger partial charge in [-0.2, -0.15) is 0 Å². The summed E-state index contributed by atoms with van der Waals surface area (Å²) in [4.78, 5) is 12.1. The maximum atomic E-state index is 11.2. The second kappa shape index (κ2) is 9.33. The summed E-state index contributed by atoms with van der Waals surface area (Å²) in [5, 5.41) is 31.8. The Bertz CT molecular complexity index is 1430. The van der Waals surface area contributed by atoms with Crippen LogP contribution in [0.15, 0.2) is 60.9 Å². The molecule has 2 aromatic heterocycles. The molecule has 0 radical (unpaired) electrons. The number of nitrogens with zero attached hydrogens (tertiary/aromatic N) is 4. The summed E-state index contributed by atoms with van der Waals surface area (Å²) in [6.45, 7) is 8.85. The van der Waals surface area contributed by atoms with Crippen molar-refractivity contribution in [3.63, 3.8) is 0 Å². The summed E-state index contributed by atoms with van der Waals surface area (Å²) < 4.78 is 7.52. The van der Waals surface area contributed by atoms with Gasteiger partial charge in [-0.25, -0.2) is 14.8 Å². The zero-order valence-electron chi connectivity index (χ0n) is 19.7. The van der Waals surface area contributed by atoms with E-state index in [1.807, 2.05) is 18.2 Å². The molecular formula is C27H27N5O4. The molecule has 0 saturated carbocycles. The third-order valence-corrected chi connectivity index (χ3v) is 6.88. The SMILES string of the molecule is [C-]#[N+]c1c(CCc2ccc(-c3ccccc3)cc2)n(C2O[C@H](CO)[C@@H](O)[C@@]2(C)O)c2ncnc(N)c12. The minimum absolute atomic E-state index is 0.148. The summed E-state index contributed by atoms with van der Waals surface area (Å²) in [5.41, 5.74) is 8.88. The average molecular weight is 486 g/mol. The highest BCUT2D eigenvalue weighted by Gasteiger charge is 2.53. The highest BCUT2D eigenvalue weighted by atomic mass is 16.6. The van der Waals surface area contributed by atoms with Crippen LogP contribution < -0.4 is 5.73 Å². The van der Waals surface area contributed by atoms with E-state index in [9.17, 15) is 15.3 Å². The van der Waals surface area contributed by atoms with Gasteiger partial charge in [0.2, 0.25) is 5.69 Å². The van der Waals surface area contributed by atoms with E-state index in [1.165, 1.54) is 13.3 Å². The molecule has 1 aliphatic heterocycles. The maximum Gasteiger partial charge on any atom is 0.220 e. The van der Waals surface area contributed by atoms with Crippen LogP contribution in [0.4, 0.5) is 11.5 Å². The van der Waals surface area contributed by atoms with Crippen LogP contribution >= 0.6 is 0 Å². The number of hydrogen-bond donors (Lipinski definition) is 4. The van der Waals surface area contributed by atoms with E-state index >= 15 is 0 Å². The fourth-order valence-corrected chi connectivity index (χ4v) is 4.92. The van der Waals surface area contributed by atoms with E-state index in [4.69, 9.17) is 17.0 Å². The number of hydrogen-bond acceptors (Lipinski definition) is 7. The monoisotopic (exact) mass is 485 g/mol. The fraction of sp³-hybridized carbons (Fsp3) is 0.296. The van der Waals surface area contributed by atoms with Gasteiger partial charge in [0.05, 0.1) is 18.6 Å². The smallest absolute Gasteiger partial charge is 0.220 e. The Labute approximate surface area is 208 Å². The number of nitrogen functional groups attached to an aromatic ring is 1. The lowest BCUT2D eigenvalue weighted by atomic mass is 9.96. The van der Waals surface area contributed by atoms with Crippen molar-refractivity contribution in [2.75, 3.05) is 12.3 Å². The molecule has 0 bridgehead atoms. The molecular weight excluding hydrogens is 458 g/mol. The lowest BCUT2D eigenvalue weighted by Crippen LogP contribution is -2.44. The molecule has 9 nitrogen and oxygen atoms in total. The Hall–Kier alpha value is -3.81. The number of nitrogens with two attached hydrogens (primary N) is 1. The molecule has 2 aromatic carbocycles. The molecule has 4 atom stereocenters. The van der Waals surface area contributed by atoms with Crippen molar-refractivity contribution in [1.82, 2.24) is 14.5 Å². The van der Waals surface area contributed by atoms with Gasteiger partial charge in [-0.15, -0.1) is 0 Å². The molecule has 1 fully saturated rings. The Morgan fingerprint density at radius 3 is 2.42 bits per heavy atom. The van der Waals surface area contributed by atoms with Crippen molar-refractivity contribution in [3.05, 3.63) is 83.6 Å². The van der Waals surface area contributed by atoms with Gasteiger partial charge in [-0.05, 0) is 36.5 Å². The van der Waals surface area contributed by atoms with E-state index in [0.29, 0.717) is 29.6 Å². The molecule has 184 valence electrons. The summed E-state index contributed by atoms with van der Waals surface area (Å²) in [5.74, 6) is 0.148. The Kier molecular flexibility index (Phi) is 6.20. The van der Waals surface area contributed by atoms with Gasteiger partial charge in [-0.3, -0.25) is 0 Å². The molecule has 1 aliphatic rings. The number of ether oxygens (including phenoxy) is 1. The third kappa shape index (κ3) is 3.90. The number of rotatable bonds is 6. The molecule has 4 aromatic rings. The Balaban J connectivity index is 1.54. The second-order valence-corrected chi connectivity index (χ2v) is 9.18. The molecule has 5 N–H and O–H groups in total. The van der Waals surface area contributed by atoms with Gasteiger partial charge in [0.25, 0.3) is 0 Å². The van der Waals surface area contributed by atoms with Crippen molar-refractivity contribution in [3.8, 4) is 11.1 Å². The summed E-state index contributed by atoms with van der Waals surface area (Å²) in [7, 11) is 0. The number of aliphatic hydroxyl groups excluding tert-OH is 2. The first kappa shape index (κ1) is 23.9. The van der Waals surface area contributed by atoms with Crippen LogP contribution in [0.25, 0.3) is 27.0 Å². The first-order chi connectivity index (χ1) is 17.4. The van der Waals surface area contributed by atoms with E-state index < -0.39 is 30.6 Å². The van der Waals surface area contributed by atoms with Crippen molar-refractivity contribution in [1.29, 1.82) is 0 Å². The number of anilines is 1. The number of aryl methyl sites for hydroxylation is 1. The number of fused-ring (bicyclic) bond motifs is 1. The summed E-state index contributed by atoms with van der Waals surface area (Å²) in [6.07, 6.45) is -1.10. The zero-order chi connectivity index (χ0) is 25.4. The van der Waals surface area contributed by atoms with Crippen molar-refractivity contribution < 1.29 is 20.1 Å². The van der Waals surface area contributed by atoms with Crippen molar-refractivity contribution in [2.45, 2.75) is 43.8 Å². The average Bonchev–Trinajstić information content (AvgIpc) is 3.33. The molecule has 0 spiro atoms. The standard InChI is InChI=1S/C27H27N5O4/c1-27(35)23(34)20(14-33)36-26(27)32-19(22(29-2)21-24(28)30-15-31-25(21)32)13-10-16-8-11-18(12-9-16)17-6-4-3-5-7-17/h3-9,11-12,15,20,23,26,33-35H,10,13-14H2,1H3,(H2,28,30,31)/t20-,23-,26?,27-/m1/s1. The Morgan fingerprint density at radius 2 is 1.78 bits per heavy atom. The number of aliphatic hydroxyl groups is 3. The molecule has 3 heterocycles. The quantitative estimate of drug-likeness (QED) is 0.309. The van der Waals surface area contributed by atoms with Crippen LogP contribution in [0.1, 0.15) is 24.4 Å². The molecule has 5 rings (SSSR count). The molecule has 36 heavy (non-hydrogen) atoms. The van der Waals surface area contributed by atoms with Gasteiger partial charge >= 0.3 is 0 Å². The normalized spacial score (nSPS) is 23.7. The summed E-state index contributed by atoms with van der Waals surface area (Å²) in [6, 6.07) is 18.3. The number of benzene rings is 2. The van der Waals surface area contributed by atoms with Crippen LogP contribution in [0, 0.1) is 6.57 Å². The predicted octanol–water partition coefficient (Wildman–Crippen LogP) is 3.02. The van der Waals surface area contributed by atoms with E-state index in [2.05, 4.69) is 51.2 Å². The summed E-state index contributed by atoms with van der Waals surface area (Å²) >= 11 is 0. The second-order valence-electron chi connectivity index (χ2n) is 9.18. The van der Waals surface area contributed by atoms with E-state index in [-0.39, 0.29) is 11.5 Å². The van der Waals surface area contributed by atoms with E-state index in [0.717, 1.165) is 16.7 Å². The molecule has 1 unspecified atom stereocenters. The van der Waals surface area contributed by atoms with Crippen LogP contribution in [-0.2, 0) is 17.6 Å². The van der Waals surface area contributed by atoms with Crippen LogP contribution in [0.2, 0.25) is 0 Å². The molecule has 0 amide bonds. The van der Waals surface area contributed by atoms with Gasteiger partial charge in [0.15, 0.2) is 6.23 Å².